The van der Waals surface area contributed by atoms with Gasteiger partial charge in [0, 0.05) is 12.1 Å². The van der Waals surface area contributed by atoms with E-state index in [4.69, 9.17) is 23.2 Å². The van der Waals surface area contributed by atoms with Crippen LogP contribution in [-0.2, 0) is 6.54 Å². The molecule has 0 atom stereocenters. The molecule has 3 N–H and O–H groups in total. The third kappa shape index (κ3) is 4.36. The van der Waals surface area contributed by atoms with Crippen molar-refractivity contribution >= 4 is 51.9 Å². The standard InChI is InChI=1S/C20H12Cl2F2N6O2/c21-11-5-9(1-3-13(11)23)7-25-20(32)17-15-16(26-8-27-17)18(30-29-15)28-19(31)10-2-4-14(24)12(22)6-10/h1-6,8H,7H2,(H,25,32)(H2,28,29,30,31). The van der Waals surface area contributed by atoms with Crippen LogP contribution in [0.1, 0.15) is 26.4 Å². The number of carbonyl (C=O) groups is 2. The minimum absolute atomic E-state index is 0.0129. The van der Waals surface area contributed by atoms with Crippen LogP contribution in [0, 0.1) is 11.6 Å². The van der Waals surface area contributed by atoms with E-state index in [0.717, 1.165) is 12.4 Å². The molecule has 2 aromatic heterocycles. The number of aromatic amines is 1. The van der Waals surface area contributed by atoms with E-state index in [-0.39, 0.29) is 44.7 Å². The molecule has 2 aromatic carbocycles. The Morgan fingerprint density at radius 2 is 1.69 bits per heavy atom. The summed E-state index contributed by atoms with van der Waals surface area (Å²) in [5.74, 6) is -2.32. The fourth-order valence-corrected chi connectivity index (χ4v) is 3.21. The van der Waals surface area contributed by atoms with Crippen LogP contribution in [0.5, 0.6) is 0 Å². The molecule has 162 valence electrons. The third-order valence-electron chi connectivity index (χ3n) is 4.42. The molecule has 0 aliphatic carbocycles. The van der Waals surface area contributed by atoms with Gasteiger partial charge < -0.3 is 10.6 Å². The van der Waals surface area contributed by atoms with Gasteiger partial charge in [0.25, 0.3) is 11.8 Å². The molecule has 0 spiro atoms. The van der Waals surface area contributed by atoms with E-state index < -0.39 is 23.4 Å². The topological polar surface area (TPSA) is 113 Å². The minimum Gasteiger partial charge on any atom is -0.347 e. The van der Waals surface area contributed by atoms with Gasteiger partial charge in [0.05, 0.1) is 10.0 Å². The maximum absolute atomic E-state index is 13.3. The molecule has 12 heteroatoms. The highest BCUT2D eigenvalue weighted by Crippen LogP contribution is 2.22. The molecule has 32 heavy (non-hydrogen) atoms. The Labute approximate surface area is 189 Å². The monoisotopic (exact) mass is 476 g/mol. The third-order valence-corrected chi connectivity index (χ3v) is 5.00. The van der Waals surface area contributed by atoms with Crippen LogP contribution >= 0.6 is 23.2 Å². The van der Waals surface area contributed by atoms with E-state index >= 15 is 0 Å². The van der Waals surface area contributed by atoms with Crippen molar-refractivity contribution in [3.05, 3.63) is 81.2 Å². The van der Waals surface area contributed by atoms with Crippen molar-refractivity contribution in [2.45, 2.75) is 6.54 Å². The van der Waals surface area contributed by atoms with Crippen molar-refractivity contribution in [1.29, 1.82) is 0 Å². The lowest BCUT2D eigenvalue weighted by molar-refractivity contribution is 0.0946. The molecule has 0 unspecified atom stereocenters. The lowest BCUT2D eigenvalue weighted by Gasteiger charge is -2.06. The van der Waals surface area contributed by atoms with Crippen molar-refractivity contribution in [3.63, 3.8) is 0 Å². The molecule has 0 aliphatic heterocycles. The number of amides is 2. The van der Waals surface area contributed by atoms with Crippen molar-refractivity contribution in [3.8, 4) is 0 Å². The molecule has 0 aliphatic rings. The number of H-pyrrole nitrogens is 1. The van der Waals surface area contributed by atoms with Crippen LogP contribution in [0.4, 0.5) is 14.6 Å². The first-order valence-electron chi connectivity index (χ1n) is 9.01. The molecule has 2 heterocycles. The van der Waals surface area contributed by atoms with Crippen molar-refractivity contribution in [1.82, 2.24) is 25.5 Å². The summed E-state index contributed by atoms with van der Waals surface area (Å²) in [6.45, 7) is 0.0768. The number of carbonyl (C=O) groups excluding carboxylic acids is 2. The highest BCUT2D eigenvalue weighted by atomic mass is 35.5. The SMILES string of the molecule is O=C(Nc1n[nH]c2c(C(=O)NCc3ccc(F)c(Cl)c3)ncnc12)c1ccc(F)c(Cl)c1. The molecule has 2 amide bonds. The average Bonchev–Trinajstić information content (AvgIpc) is 3.19. The van der Waals surface area contributed by atoms with Gasteiger partial charge in [-0.3, -0.25) is 14.7 Å². The summed E-state index contributed by atoms with van der Waals surface area (Å²) in [4.78, 5) is 33.1. The van der Waals surface area contributed by atoms with Crippen LogP contribution in [0.15, 0.2) is 42.7 Å². The Bertz CT molecular complexity index is 1360. The first-order chi connectivity index (χ1) is 15.3. The second-order valence-corrected chi connectivity index (χ2v) is 7.35. The van der Waals surface area contributed by atoms with Gasteiger partial charge in [-0.15, -0.1) is 0 Å². The predicted octanol–water partition coefficient (Wildman–Crippen LogP) is 4.12. The number of nitrogens with one attached hydrogen (secondary N) is 3. The number of aromatic nitrogens is 4. The predicted molar refractivity (Wildman–Crippen MR) is 114 cm³/mol. The zero-order valence-corrected chi connectivity index (χ0v) is 17.4. The number of hydrogen-bond acceptors (Lipinski definition) is 5. The van der Waals surface area contributed by atoms with Gasteiger partial charge in [-0.1, -0.05) is 29.3 Å². The van der Waals surface area contributed by atoms with Gasteiger partial charge in [-0.25, -0.2) is 18.7 Å². The van der Waals surface area contributed by atoms with Gasteiger partial charge >= 0.3 is 0 Å². The molecular formula is C20H12Cl2F2N6O2. The van der Waals surface area contributed by atoms with Crippen LogP contribution < -0.4 is 10.6 Å². The molecule has 0 saturated heterocycles. The molecule has 0 fully saturated rings. The second kappa shape index (κ2) is 8.85. The number of hydrogen-bond donors (Lipinski definition) is 3. The van der Waals surface area contributed by atoms with Crippen molar-refractivity contribution in [2.24, 2.45) is 0 Å². The first-order valence-corrected chi connectivity index (χ1v) is 9.76. The van der Waals surface area contributed by atoms with E-state index in [1.54, 1.807) is 0 Å². The average molecular weight is 477 g/mol. The first kappa shape index (κ1) is 21.6. The Kier molecular flexibility index (Phi) is 5.97. The largest absolute Gasteiger partial charge is 0.347 e. The Morgan fingerprint density at radius 1 is 0.969 bits per heavy atom. The molecular weight excluding hydrogens is 465 g/mol. The fourth-order valence-electron chi connectivity index (χ4n) is 2.83. The normalized spacial score (nSPS) is 10.9. The van der Waals surface area contributed by atoms with E-state index in [2.05, 4.69) is 30.8 Å². The summed E-state index contributed by atoms with van der Waals surface area (Å²) >= 11 is 11.5. The van der Waals surface area contributed by atoms with E-state index in [0.29, 0.717) is 5.56 Å². The molecule has 4 aromatic rings. The van der Waals surface area contributed by atoms with Crippen LogP contribution in [0.2, 0.25) is 10.0 Å². The zero-order valence-electron chi connectivity index (χ0n) is 15.9. The van der Waals surface area contributed by atoms with Crippen LogP contribution in [0.3, 0.4) is 0 Å². The number of benzene rings is 2. The Balaban J connectivity index is 1.53. The summed E-state index contributed by atoms with van der Waals surface area (Å²) in [6, 6.07) is 7.60. The Hall–Kier alpha value is -3.63. The number of anilines is 1. The second-order valence-electron chi connectivity index (χ2n) is 6.53. The maximum Gasteiger partial charge on any atom is 0.272 e. The maximum atomic E-state index is 13.3. The van der Waals surface area contributed by atoms with Gasteiger partial charge in [-0.05, 0) is 35.9 Å². The summed E-state index contributed by atoms with van der Waals surface area (Å²) in [6.07, 6.45) is 1.14. The quantitative estimate of drug-likeness (QED) is 0.401. The lowest BCUT2D eigenvalue weighted by atomic mass is 10.2. The number of fused-ring (bicyclic) bond motifs is 1. The highest BCUT2D eigenvalue weighted by Gasteiger charge is 2.19. The summed E-state index contributed by atoms with van der Waals surface area (Å²) in [5, 5.41) is 11.5. The van der Waals surface area contributed by atoms with Crippen LogP contribution in [-0.4, -0.2) is 32.0 Å². The van der Waals surface area contributed by atoms with Gasteiger partial charge in [-0.2, -0.15) is 5.10 Å². The van der Waals surface area contributed by atoms with E-state index in [1.807, 2.05) is 0 Å². The molecule has 4 rings (SSSR count). The summed E-state index contributed by atoms with van der Waals surface area (Å²) < 4.78 is 26.6. The molecule has 0 saturated carbocycles. The number of rotatable bonds is 5. The summed E-state index contributed by atoms with van der Waals surface area (Å²) in [7, 11) is 0. The number of nitrogens with zero attached hydrogens (tertiary/aromatic N) is 3. The highest BCUT2D eigenvalue weighted by molar-refractivity contribution is 6.31. The fraction of sp³-hybridized carbons (Fsp3) is 0.0500. The number of halogens is 4. The van der Waals surface area contributed by atoms with E-state index in [1.165, 1.54) is 30.3 Å². The van der Waals surface area contributed by atoms with Crippen molar-refractivity contribution in [2.75, 3.05) is 5.32 Å². The van der Waals surface area contributed by atoms with Crippen molar-refractivity contribution < 1.29 is 18.4 Å². The van der Waals surface area contributed by atoms with Gasteiger partial charge in [0.15, 0.2) is 11.5 Å². The smallest absolute Gasteiger partial charge is 0.272 e. The lowest BCUT2D eigenvalue weighted by Crippen LogP contribution is -2.24. The van der Waals surface area contributed by atoms with Gasteiger partial charge in [0.1, 0.15) is 29.0 Å². The van der Waals surface area contributed by atoms with Gasteiger partial charge in [0.2, 0.25) is 0 Å². The Morgan fingerprint density at radius 3 is 2.41 bits per heavy atom. The molecule has 0 bridgehead atoms. The zero-order chi connectivity index (χ0) is 22.8. The summed E-state index contributed by atoms with van der Waals surface area (Å²) in [5.41, 5.74) is 1.07. The van der Waals surface area contributed by atoms with E-state index in [9.17, 15) is 18.4 Å². The molecule has 8 nitrogen and oxygen atoms in total. The molecule has 0 radical (unpaired) electrons. The minimum atomic E-state index is -0.653. The van der Waals surface area contributed by atoms with Crippen LogP contribution in [0.25, 0.3) is 11.0 Å².